The highest BCUT2D eigenvalue weighted by atomic mass is 19.3. The lowest BCUT2D eigenvalue weighted by Crippen LogP contribution is -2.36. The predicted octanol–water partition coefficient (Wildman–Crippen LogP) is 3.13. The van der Waals surface area contributed by atoms with Crippen LogP contribution in [0.15, 0.2) is 24.4 Å². The third kappa shape index (κ3) is 4.49. The normalized spacial score (nSPS) is 19.6. The summed E-state index contributed by atoms with van der Waals surface area (Å²) in [6.45, 7) is 2.99. The van der Waals surface area contributed by atoms with E-state index in [1.807, 2.05) is 36.3 Å². The van der Waals surface area contributed by atoms with Crippen LogP contribution in [0, 0.1) is 0 Å². The number of hydrogen-bond acceptors (Lipinski definition) is 5. The standard InChI is InChI=1S/C20H26F2N6O/c1-14(29)27-8-3-15(4-9-27)16-11-18(23-17-5-7-26(2)25-17)24-19(12-16)28-10-6-20(21,22)13-28/h5,7,11-12,15H,3-4,6,8-10,13H2,1-2H3,(H,23,24,25). The number of nitrogens with zero attached hydrogens (tertiary/aromatic N) is 5. The maximum absolute atomic E-state index is 13.8. The summed E-state index contributed by atoms with van der Waals surface area (Å²) in [6.07, 6.45) is 3.37. The van der Waals surface area contributed by atoms with Gasteiger partial charge in [-0.1, -0.05) is 0 Å². The first kappa shape index (κ1) is 19.6. The maximum Gasteiger partial charge on any atom is 0.266 e. The van der Waals surface area contributed by atoms with Crippen LogP contribution < -0.4 is 10.2 Å². The molecule has 0 radical (unpaired) electrons. The van der Waals surface area contributed by atoms with Crippen molar-refractivity contribution in [3.05, 3.63) is 30.0 Å². The van der Waals surface area contributed by atoms with Gasteiger partial charge in [-0.2, -0.15) is 5.10 Å². The molecule has 1 N–H and O–H groups in total. The fourth-order valence-electron chi connectivity index (χ4n) is 4.07. The van der Waals surface area contributed by atoms with Gasteiger partial charge in [0.05, 0.1) is 6.54 Å². The number of alkyl halides is 2. The largest absolute Gasteiger partial charge is 0.350 e. The molecule has 2 aromatic heterocycles. The number of carbonyl (C=O) groups excluding carboxylic acids is 1. The Bertz CT molecular complexity index is 891. The van der Waals surface area contributed by atoms with Gasteiger partial charge in [0, 0.05) is 52.3 Å². The number of nitrogens with one attached hydrogen (secondary N) is 1. The molecule has 2 fully saturated rings. The quantitative estimate of drug-likeness (QED) is 0.848. The molecule has 0 saturated carbocycles. The smallest absolute Gasteiger partial charge is 0.266 e. The first-order valence-electron chi connectivity index (χ1n) is 9.96. The van der Waals surface area contributed by atoms with Crippen molar-refractivity contribution in [1.29, 1.82) is 0 Å². The second-order valence-electron chi connectivity index (χ2n) is 7.95. The highest BCUT2D eigenvalue weighted by molar-refractivity contribution is 5.73. The molecule has 7 nitrogen and oxygen atoms in total. The van der Waals surface area contributed by atoms with E-state index in [0.717, 1.165) is 18.4 Å². The third-order valence-corrected chi connectivity index (χ3v) is 5.71. The van der Waals surface area contributed by atoms with Crippen LogP contribution in [-0.4, -0.2) is 57.7 Å². The third-order valence-electron chi connectivity index (χ3n) is 5.71. The zero-order chi connectivity index (χ0) is 20.6. The lowest BCUT2D eigenvalue weighted by atomic mass is 9.89. The van der Waals surface area contributed by atoms with Gasteiger partial charge in [-0.15, -0.1) is 0 Å². The molecule has 2 aromatic rings. The molecule has 4 rings (SSSR count). The van der Waals surface area contributed by atoms with Gasteiger partial charge < -0.3 is 15.1 Å². The van der Waals surface area contributed by atoms with Gasteiger partial charge in [-0.3, -0.25) is 9.48 Å². The monoisotopic (exact) mass is 404 g/mol. The molecule has 1 amide bonds. The fourth-order valence-corrected chi connectivity index (χ4v) is 4.07. The van der Waals surface area contributed by atoms with Gasteiger partial charge in [0.25, 0.3) is 5.92 Å². The Morgan fingerprint density at radius 2 is 1.97 bits per heavy atom. The van der Waals surface area contributed by atoms with Gasteiger partial charge in [0.1, 0.15) is 11.6 Å². The Hall–Kier alpha value is -2.71. The van der Waals surface area contributed by atoms with Crippen LogP contribution in [0.2, 0.25) is 0 Å². The Balaban J connectivity index is 1.60. The number of halogens is 2. The van der Waals surface area contributed by atoms with Crippen molar-refractivity contribution < 1.29 is 13.6 Å². The minimum Gasteiger partial charge on any atom is -0.350 e. The molecular formula is C20H26F2N6O. The number of anilines is 3. The van der Waals surface area contributed by atoms with Gasteiger partial charge >= 0.3 is 0 Å². The summed E-state index contributed by atoms with van der Waals surface area (Å²) < 4.78 is 29.2. The average molecular weight is 404 g/mol. The van der Waals surface area contributed by atoms with Crippen LogP contribution in [0.1, 0.15) is 37.7 Å². The van der Waals surface area contributed by atoms with Crippen molar-refractivity contribution in [3.63, 3.8) is 0 Å². The highest BCUT2D eigenvalue weighted by Gasteiger charge is 2.39. The number of aryl methyl sites for hydroxylation is 1. The number of hydrogen-bond donors (Lipinski definition) is 1. The highest BCUT2D eigenvalue weighted by Crippen LogP contribution is 2.35. The van der Waals surface area contributed by atoms with Crippen LogP contribution in [0.3, 0.4) is 0 Å². The second-order valence-corrected chi connectivity index (χ2v) is 7.95. The van der Waals surface area contributed by atoms with Crippen molar-refractivity contribution in [2.75, 3.05) is 36.4 Å². The molecule has 0 spiro atoms. The fraction of sp³-hybridized carbons (Fsp3) is 0.550. The zero-order valence-electron chi connectivity index (χ0n) is 16.7. The van der Waals surface area contributed by atoms with Gasteiger partial charge in [-0.25, -0.2) is 13.8 Å². The molecule has 29 heavy (non-hydrogen) atoms. The molecule has 0 atom stereocenters. The van der Waals surface area contributed by atoms with Crippen molar-refractivity contribution >= 4 is 23.4 Å². The van der Waals surface area contributed by atoms with Gasteiger partial charge in [0.2, 0.25) is 5.91 Å². The van der Waals surface area contributed by atoms with E-state index >= 15 is 0 Å². The van der Waals surface area contributed by atoms with Crippen LogP contribution in [0.4, 0.5) is 26.2 Å². The zero-order valence-corrected chi connectivity index (χ0v) is 16.7. The minimum absolute atomic E-state index is 0.0932. The van der Waals surface area contributed by atoms with Crippen molar-refractivity contribution in [2.45, 2.75) is 38.0 Å². The van der Waals surface area contributed by atoms with Crippen molar-refractivity contribution in [1.82, 2.24) is 19.7 Å². The van der Waals surface area contributed by atoms with Crippen LogP contribution in [0.5, 0.6) is 0 Å². The van der Waals surface area contributed by atoms with E-state index in [-0.39, 0.29) is 31.3 Å². The van der Waals surface area contributed by atoms with E-state index in [2.05, 4.69) is 15.4 Å². The van der Waals surface area contributed by atoms with E-state index in [0.29, 0.717) is 30.5 Å². The molecule has 0 aromatic carbocycles. The topological polar surface area (TPSA) is 66.3 Å². The summed E-state index contributed by atoms with van der Waals surface area (Å²) in [4.78, 5) is 19.7. The van der Waals surface area contributed by atoms with Gasteiger partial charge in [0.15, 0.2) is 5.82 Å². The molecule has 0 bridgehead atoms. The second kappa shape index (κ2) is 7.61. The molecule has 4 heterocycles. The van der Waals surface area contributed by atoms with Crippen LogP contribution in [-0.2, 0) is 11.8 Å². The summed E-state index contributed by atoms with van der Waals surface area (Å²) in [5, 5.41) is 7.51. The number of amides is 1. The first-order chi connectivity index (χ1) is 13.8. The SMILES string of the molecule is CC(=O)N1CCC(c2cc(Nc3ccn(C)n3)nc(N3CCC(F)(F)C3)c2)CC1. The molecule has 156 valence electrons. The van der Waals surface area contributed by atoms with Crippen molar-refractivity contribution in [2.24, 2.45) is 7.05 Å². The average Bonchev–Trinajstić information content (AvgIpc) is 3.26. The molecule has 2 aliphatic rings. The summed E-state index contributed by atoms with van der Waals surface area (Å²) in [6, 6.07) is 5.74. The van der Waals surface area contributed by atoms with Crippen LogP contribution >= 0.6 is 0 Å². The number of pyridine rings is 1. The Morgan fingerprint density at radius 1 is 1.21 bits per heavy atom. The predicted molar refractivity (Wildman–Crippen MR) is 107 cm³/mol. The molecule has 2 saturated heterocycles. The number of rotatable bonds is 4. The molecule has 9 heteroatoms. The molecule has 2 aliphatic heterocycles. The van der Waals surface area contributed by atoms with Gasteiger partial charge in [-0.05, 0) is 36.5 Å². The molecular weight excluding hydrogens is 378 g/mol. The van der Waals surface area contributed by atoms with Crippen LogP contribution in [0.25, 0.3) is 0 Å². The maximum atomic E-state index is 13.8. The van der Waals surface area contributed by atoms with E-state index < -0.39 is 5.92 Å². The summed E-state index contributed by atoms with van der Waals surface area (Å²) in [7, 11) is 1.83. The van der Waals surface area contributed by atoms with E-state index in [4.69, 9.17) is 0 Å². The number of aromatic nitrogens is 3. The molecule has 0 aliphatic carbocycles. The number of likely N-dealkylation sites (tertiary alicyclic amines) is 1. The Labute approximate surface area is 168 Å². The summed E-state index contributed by atoms with van der Waals surface area (Å²) in [5.41, 5.74) is 1.06. The summed E-state index contributed by atoms with van der Waals surface area (Å²) in [5.74, 6) is -0.511. The van der Waals surface area contributed by atoms with E-state index in [1.165, 1.54) is 0 Å². The number of carbonyl (C=O) groups is 1. The Morgan fingerprint density at radius 3 is 2.55 bits per heavy atom. The minimum atomic E-state index is -2.68. The Kier molecular flexibility index (Phi) is 5.14. The molecule has 0 unspecified atom stereocenters. The number of piperidine rings is 1. The lowest BCUT2D eigenvalue weighted by Gasteiger charge is -2.32. The lowest BCUT2D eigenvalue weighted by molar-refractivity contribution is -0.129. The first-order valence-corrected chi connectivity index (χ1v) is 9.96. The summed E-state index contributed by atoms with van der Waals surface area (Å²) >= 11 is 0. The van der Waals surface area contributed by atoms with E-state index in [1.54, 1.807) is 16.5 Å². The van der Waals surface area contributed by atoms with Crippen molar-refractivity contribution in [3.8, 4) is 0 Å². The van der Waals surface area contributed by atoms with E-state index in [9.17, 15) is 13.6 Å².